The van der Waals surface area contributed by atoms with Gasteiger partial charge in [0.15, 0.2) is 0 Å². The van der Waals surface area contributed by atoms with Crippen LogP contribution in [0.1, 0.15) is 10.4 Å². The first-order valence-electron chi connectivity index (χ1n) is 7.97. The van der Waals surface area contributed by atoms with Crippen LogP contribution in [0.4, 0.5) is 0 Å². The highest BCUT2D eigenvalue weighted by atomic mass is 32.2. The highest BCUT2D eigenvalue weighted by Gasteiger charge is 2.30. The van der Waals surface area contributed by atoms with Gasteiger partial charge in [-0.1, -0.05) is 6.07 Å². The first-order chi connectivity index (χ1) is 11.9. The van der Waals surface area contributed by atoms with E-state index in [9.17, 15) is 13.2 Å². The molecule has 1 saturated heterocycles. The zero-order valence-electron chi connectivity index (χ0n) is 14.3. The molecule has 3 rings (SSSR count). The van der Waals surface area contributed by atoms with Gasteiger partial charge in [-0.05, 0) is 18.2 Å². The third-order valence-corrected chi connectivity index (χ3v) is 6.18. The highest BCUT2D eigenvalue weighted by Crippen LogP contribution is 2.22. The minimum Gasteiger partial charge on any atom is -0.497 e. The third kappa shape index (κ3) is 3.54. The summed E-state index contributed by atoms with van der Waals surface area (Å²) in [6, 6.07) is 8.19. The highest BCUT2D eigenvalue weighted by molar-refractivity contribution is 7.89. The number of nitrogens with zero attached hydrogens (tertiary/aromatic N) is 3. The number of aromatic nitrogens is 1. The Morgan fingerprint density at radius 3 is 2.44 bits per heavy atom. The number of piperazine rings is 1. The average molecular weight is 363 g/mol. The van der Waals surface area contributed by atoms with Gasteiger partial charge in [-0.25, -0.2) is 8.42 Å². The number of ether oxygens (including phenoxy) is 1. The Hall–Kier alpha value is -2.32. The van der Waals surface area contributed by atoms with Crippen molar-refractivity contribution >= 4 is 15.9 Å². The molecule has 1 amide bonds. The Balaban J connectivity index is 1.70. The summed E-state index contributed by atoms with van der Waals surface area (Å²) < 4.78 is 33.9. The maximum Gasteiger partial charge on any atom is 0.255 e. The predicted molar refractivity (Wildman–Crippen MR) is 93.1 cm³/mol. The van der Waals surface area contributed by atoms with E-state index in [1.807, 2.05) is 17.8 Å². The summed E-state index contributed by atoms with van der Waals surface area (Å²) in [6.07, 6.45) is 3.58. The lowest BCUT2D eigenvalue weighted by Gasteiger charge is -2.33. The first kappa shape index (κ1) is 17.5. The maximum atomic E-state index is 12.8. The zero-order valence-corrected chi connectivity index (χ0v) is 15.1. The van der Waals surface area contributed by atoms with E-state index < -0.39 is 10.0 Å². The fourth-order valence-electron chi connectivity index (χ4n) is 2.85. The van der Waals surface area contributed by atoms with E-state index in [0.29, 0.717) is 24.4 Å². The van der Waals surface area contributed by atoms with Crippen molar-refractivity contribution in [3.05, 3.63) is 48.3 Å². The molecule has 1 aliphatic heterocycles. The van der Waals surface area contributed by atoms with Crippen LogP contribution in [0.5, 0.6) is 5.75 Å². The van der Waals surface area contributed by atoms with E-state index >= 15 is 0 Å². The van der Waals surface area contributed by atoms with Crippen LogP contribution in [0.25, 0.3) is 0 Å². The second-order valence-corrected chi connectivity index (χ2v) is 7.88. The molecule has 2 aromatic rings. The van der Waals surface area contributed by atoms with Crippen molar-refractivity contribution in [2.45, 2.75) is 4.90 Å². The van der Waals surface area contributed by atoms with Crippen molar-refractivity contribution in [3.63, 3.8) is 0 Å². The molecular formula is C17H21N3O4S. The Bertz CT molecular complexity index is 868. The van der Waals surface area contributed by atoms with Crippen molar-refractivity contribution in [2.75, 3.05) is 33.3 Å². The van der Waals surface area contributed by atoms with Crippen molar-refractivity contribution in [2.24, 2.45) is 7.05 Å². The Labute approximate surface area is 147 Å². The minimum absolute atomic E-state index is 0.0703. The fourth-order valence-corrected chi connectivity index (χ4v) is 4.31. The van der Waals surface area contributed by atoms with Gasteiger partial charge in [0.05, 0.1) is 17.6 Å². The molecule has 134 valence electrons. The van der Waals surface area contributed by atoms with Crippen LogP contribution >= 0.6 is 0 Å². The number of hydrogen-bond donors (Lipinski definition) is 0. The Morgan fingerprint density at radius 1 is 1.12 bits per heavy atom. The number of rotatable bonds is 4. The van der Waals surface area contributed by atoms with Gasteiger partial charge in [0, 0.05) is 51.7 Å². The van der Waals surface area contributed by atoms with Crippen LogP contribution in [0.3, 0.4) is 0 Å². The smallest absolute Gasteiger partial charge is 0.255 e. The van der Waals surface area contributed by atoms with Crippen LogP contribution in [0.2, 0.25) is 0 Å². The molecular weight excluding hydrogens is 342 g/mol. The molecule has 0 spiro atoms. The lowest BCUT2D eigenvalue weighted by molar-refractivity contribution is 0.0698. The summed E-state index contributed by atoms with van der Waals surface area (Å²) in [5.74, 6) is 0.429. The Kier molecular flexibility index (Phi) is 4.82. The van der Waals surface area contributed by atoms with Gasteiger partial charge in [0.25, 0.3) is 5.91 Å². The van der Waals surface area contributed by atoms with Gasteiger partial charge in [-0.2, -0.15) is 4.31 Å². The van der Waals surface area contributed by atoms with E-state index in [2.05, 4.69) is 0 Å². The van der Waals surface area contributed by atoms with Crippen LogP contribution in [0, 0.1) is 0 Å². The summed E-state index contributed by atoms with van der Waals surface area (Å²) in [4.78, 5) is 14.3. The predicted octanol–water partition coefficient (Wildman–Crippen LogP) is 1.18. The number of hydrogen-bond acceptors (Lipinski definition) is 4. The molecule has 0 N–H and O–H groups in total. The van der Waals surface area contributed by atoms with Crippen molar-refractivity contribution in [3.8, 4) is 5.75 Å². The van der Waals surface area contributed by atoms with Gasteiger partial charge >= 0.3 is 0 Å². The number of aryl methyl sites for hydroxylation is 1. The van der Waals surface area contributed by atoms with Crippen LogP contribution < -0.4 is 4.74 Å². The fraction of sp³-hybridized carbons (Fsp3) is 0.353. The molecule has 0 saturated carbocycles. The molecule has 0 atom stereocenters. The van der Waals surface area contributed by atoms with E-state index in [1.165, 1.54) is 17.5 Å². The molecule has 7 nitrogen and oxygen atoms in total. The average Bonchev–Trinajstić information content (AvgIpc) is 3.07. The third-order valence-electron chi connectivity index (χ3n) is 4.28. The first-order valence-corrected chi connectivity index (χ1v) is 9.41. The van der Waals surface area contributed by atoms with Gasteiger partial charge in [-0.3, -0.25) is 4.79 Å². The standard InChI is InChI=1S/C17H21N3O4S/c1-18-7-6-14(13-18)17(21)19-8-10-20(11-9-19)25(22,23)16-5-3-4-15(12-16)24-2/h3-7,12-13H,8-11H2,1-2H3. The molecule has 1 fully saturated rings. The summed E-state index contributed by atoms with van der Waals surface area (Å²) in [5.41, 5.74) is 0.617. The molecule has 1 aromatic carbocycles. The zero-order chi connectivity index (χ0) is 18.0. The molecule has 8 heteroatoms. The molecule has 0 radical (unpaired) electrons. The number of methoxy groups -OCH3 is 1. The SMILES string of the molecule is COc1cccc(S(=O)(=O)N2CCN(C(=O)c3ccn(C)c3)CC2)c1. The van der Waals surface area contributed by atoms with Crippen molar-refractivity contribution in [1.82, 2.24) is 13.8 Å². The molecule has 0 aliphatic carbocycles. The molecule has 1 aromatic heterocycles. The van der Waals surface area contributed by atoms with E-state index in [0.717, 1.165) is 0 Å². The topological polar surface area (TPSA) is 71.9 Å². The molecule has 0 bridgehead atoms. The monoisotopic (exact) mass is 363 g/mol. The Morgan fingerprint density at radius 2 is 1.84 bits per heavy atom. The summed E-state index contributed by atoms with van der Waals surface area (Å²) in [6.45, 7) is 1.30. The normalized spacial score (nSPS) is 16.0. The second-order valence-electron chi connectivity index (χ2n) is 5.94. The maximum absolute atomic E-state index is 12.8. The second kappa shape index (κ2) is 6.89. The van der Waals surface area contributed by atoms with Crippen molar-refractivity contribution < 1.29 is 17.9 Å². The van der Waals surface area contributed by atoms with E-state index in [-0.39, 0.29) is 23.9 Å². The van der Waals surface area contributed by atoms with Crippen LogP contribution in [0.15, 0.2) is 47.6 Å². The number of sulfonamides is 1. The van der Waals surface area contributed by atoms with E-state index in [1.54, 1.807) is 35.4 Å². The van der Waals surface area contributed by atoms with Gasteiger partial charge < -0.3 is 14.2 Å². The number of carbonyl (C=O) groups excluding carboxylic acids is 1. The van der Waals surface area contributed by atoms with Crippen LogP contribution in [-0.2, 0) is 17.1 Å². The lowest BCUT2D eigenvalue weighted by atomic mass is 10.2. The largest absolute Gasteiger partial charge is 0.497 e. The number of carbonyl (C=O) groups is 1. The van der Waals surface area contributed by atoms with Gasteiger partial charge in [0.1, 0.15) is 5.75 Å². The van der Waals surface area contributed by atoms with Crippen molar-refractivity contribution in [1.29, 1.82) is 0 Å². The summed E-state index contributed by atoms with van der Waals surface area (Å²) in [5, 5.41) is 0. The van der Waals surface area contributed by atoms with Crippen LogP contribution in [-0.4, -0.2) is 61.4 Å². The number of amides is 1. The van der Waals surface area contributed by atoms with Gasteiger partial charge in [-0.15, -0.1) is 0 Å². The summed E-state index contributed by atoms with van der Waals surface area (Å²) >= 11 is 0. The van der Waals surface area contributed by atoms with Gasteiger partial charge in [0.2, 0.25) is 10.0 Å². The summed E-state index contributed by atoms with van der Waals surface area (Å²) in [7, 11) is -0.237. The molecule has 1 aliphatic rings. The minimum atomic E-state index is -3.59. The quantitative estimate of drug-likeness (QED) is 0.818. The van der Waals surface area contributed by atoms with E-state index in [4.69, 9.17) is 4.74 Å². The molecule has 25 heavy (non-hydrogen) atoms. The number of benzene rings is 1. The molecule has 0 unspecified atom stereocenters. The molecule has 2 heterocycles. The lowest BCUT2D eigenvalue weighted by Crippen LogP contribution is -2.50.